The molecule has 0 atom stereocenters. The summed E-state index contributed by atoms with van der Waals surface area (Å²) < 4.78 is 7.16. The number of benzene rings is 2. The van der Waals surface area contributed by atoms with Gasteiger partial charge in [0.05, 0.1) is 12.8 Å². The van der Waals surface area contributed by atoms with Gasteiger partial charge in [0, 0.05) is 30.1 Å². The van der Waals surface area contributed by atoms with E-state index in [1.807, 2.05) is 65.3 Å². The summed E-state index contributed by atoms with van der Waals surface area (Å²) in [6.07, 6.45) is 5.14. The highest BCUT2D eigenvalue weighted by Crippen LogP contribution is 2.22. The zero-order valence-corrected chi connectivity index (χ0v) is 16.6. The molecule has 4 rings (SSSR count). The fraction of sp³-hybridized carbons (Fsp3) is 0.167. The first-order valence-electron chi connectivity index (χ1n) is 9.59. The highest BCUT2D eigenvalue weighted by molar-refractivity contribution is 5.91. The molecule has 5 nitrogen and oxygen atoms in total. The van der Waals surface area contributed by atoms with Crippen LogP contribution in [0.4, 0.5) is 5.69 Å². The zero-order chi connectivity index (χ0) is 20.2. The van der Waals surface area contributed by atoms with Crippen LogP contribution in [0.15, 0.2) is 73.1 Å². The molecule has 29 heavy (non-hydrogen) atoms. The Bertz CT molecular complexity index is 1130. The molecule has 2 aromatic heterocycles. The summed E-state index contributed by atoms with van der Waals surface area (Å²) in [7, 11) is 1.64. The lowest BCUT2D eigenvalue weighted by Gasteiger charge is -2.07. The van der Waals surface area contributed by atoms with Crippen LogP contribution < -0.4 is 10.1 Å². The Morgan fingerprint density at radius 3 is 2.55 bits per heavy atom. The molecule has 2 aromatic carbocycles. The summed E-state index contributed by atoms with van der Waals surface area (Å²) in [6.45, 7) is 2.06. The van der Waals surface area contributed by atoms with E-state index in [1.165, 1.54) is 5.56 Å². The number of nitrogens with zero attached hydrogens (tertiary/aromatic N) is 2. The maximum absolute atomic E-state index is 12.3. The van der Waals surface area contributed by atoms with Gasteiger partial charge >= 0.3 is 0 Å². The number of aromatic nitrogens is 2. The highest BCUT2D eigenvalue weighted by atomic mass is 16.5. The number of carbonyl (C=O) groups excluding carboxylic acids is 1. The lowest BCUT2D eigenvalue weighted by Crippen LogP contribution is -2.12. The second-order valence-electron chi connectivity index (χ2n) is 7.07. The monoisotopic (exact) mass is 385 g/mol. The van der Waals surface area contributed by atoms with Gasteiger partial charge in [-0.2, -0.15) is 0 Å². The molecule has 1 N–H and O–H groups in total. The van der Waals surface area contributed by atoms with Gasteiger partial charge in [-0.3, -0.25) is 4.79 Å². The van der Waals surface area contributed by atoms with Crippen molar-refractivity contribution < 1.29 is 9.53 Å². The summed E-state index contributed by atoms with van der Waals surface area (Å²) in [5.74, 6) is 0.816. The molecule has 5 heteroatoms. The van der Waals surface area contributed by atoms with Gasteiger partial charge in [0.25, 0.3) is 0 Å². The van der Waals surface area contributed by atoms with E-state index in [-0.39, 0.29) is 5.91 Å². The third kappa shape index (κ3) is 4.46. The van der Waals surface area contributed by atoms with Gasteiger partial charge in [0.15, 0.2) is 0 Å². The van der Waals surface area contributed by atoms with Crippen LogP contribution in [-0.4, -0.2) is 22.4 Å². The predicted octanol–water partition coefficient (Wildman–Crippen LogP) is 4.89. The van der Waals surface area contributed by atoms with Gasteiger partial charge in [-0.1, -0.05) is 24.3 Å². The Kier molecular flexibility index (Phi) is 5.29. The van der Waals surface area contributed by atoms with Crippen molar-refractivity contribution in [2.75, 3.05) is 12.4 Å². The molecule has 0 spiro atoms. The number of carbonyl (C=O) groups is 1. The van der Waals surface area contributed by atoms with Crippen LogP contribution in [0.25, 0.3) is 16.9 Å². The lowest BCUT2D eigenvalue weighted by molar-refractivity contribution is -0.116. The van der Waals surface area contributed by atoms with Crippen LogP contribution >= 0.6 is 0 Å². The Morgan fingerprint density at radius 1 is 1.07 bits per heavy atom. The summed E-state index contributed by atoms with van der Waals surface area (Å²) in [6, 6.07) is 19.7. The molecule has 0 aliphatic carbocycles. The summed E-state index contributed by atoms with van der Waals surface area (Å²) in [5, 5.41) is 2.96. The van der Waals surface area contributed by atoms with E-state index >= 15 is 0 Å². The first-order chi connectivity index (χ1) is 14.1. The number of hydrogen-bond donors (Lipinski definition) is 1. The van der Waals surface area contributed by atoms with Gasteiger partial charge in [-0.15, -0.1) is 0 Å². The first kappa shape index (κ1) is 18.7. The molecular formula is C24H23N3O2. The number of methoxy groups -OCH3 is 1. The number of aryl methyl sites for hydroxylation is 2. The van der Waals surface area contributed by atoms with Crippen molar-refractivity contribution in [1.82, 2.24) is 9.38 Å². The normalized spacial score (nSPS) is 10.8. The van der Waals surface area contributed by atoms with E-state index in [4.69, 9.17) is 4.74 Å². The minimum atomic E-state index is -0.00299. The number of anilines is 1. The van der Waals surface area contributed by atoms with Crippen molar-refractivity contribution in [3.05, 3.63) is 84.2 Å². The average molecular weight is 385 g/mol. The maximum Gasteiger partial charge on any atom is 0.224 e. The molecular weight excluding hydrogens is 362 g/mol. The molecule has 4 aromatic rings. The Morgan fingerprint density at radius 2 is 1.83 bits per heavy atom. The van der Waals surface area contributed by atoms with Gasteiger partial charge in [-0.05, 0) is 60.9 Å². The third-order valence-corrected chi connectivity index (χ3v) is 4.88. The number of rotatable bonds is 6. The van der Waals surface area contributed by atoms with Gasteiger partial charge in [0.2, 0.25) is 5.91 Å². The molecule has 0 unspecified atom stereocenters. The standard InChI is InChI=1S/C24H23N3O2/c1-17-13-14-27-16-22(26-23(27)15-17)19-6-8-20(9-7-19)25-24(28)12-5-18-3-10-21(29-2)11-4-18/h3-4,6-11,13-16H,5,12H2,1-2H3,(H,25,28). The molecule has 146 valence electrons. The molecule has 0 radical (unpaired) electrons. The van der Waals surface area contributed by atoms with Crippen molar-refractivity contribution in [3.8, 4) is 17.0 Å². The van der Waals surface area contributed by atoms with Crippen LogP contribution in [0.2, 0.25) is 0 Å². The lowest BCUT2D eigenvalue weighted by atomic mass is 10.1. The predicted molar refractivity (Wildman–Crippen MR) is 115 cm³/mol. The van der Waals surface area contributed by atoms with Crippen molar-refractivity contribution in [3.63, 3.8) is 0 Å². The van der Waals surface area contributed by atoms with Crippen LogP contribution in [0.5, 0.6) is 5.75 Å². The molecule has 0 aliphatic rings. The SMILES string of the molecule is COc1ccc(CCC(=O)Nc2ccc(-c3cn4ccc(C)cc4n3)cc2)cc1. The van der Waals surface area contributed by atoms with E-state index in [0.717, 1.165) is 33.9 Å². The van der Waals surface area contributed by atoms with Crippen LogP contribution in [0, 0.1) is 6.92 Å². The molecule has 0 saturated heterocycles. The number of ether oxygens (including phenoxy) is 1. The van der Waals surface area contributed by atoms with Gasteiger partial charge in [0.1, 0.15) is 11.4 Å². The van der Waals surface area contributed by atoms with Crippen LogP contribution in [0.3, 0.4) is 0 Å². The van der Waals surface area contributed by atoms with E-state index < -0.39 is 0 Å². The minimum absolute atomic E-state index is 0.00299. The molecule has 0 aliphatic heterocycles. The highest BCUT2D eigenvalue weighted by Gasteiger charge is 2.07. The van der Waals surface area contributed by atoms with Crippen molar-refractivity contribution >= 4 is 17.2 Å². The topological polar surface area (TPSA) is 55.6 Å². The fourth-order valence-electron chi connectivity index (χ4n) is 3.22. The molecule has 0 saturated carbocycles. The summed E-state index contributed by atoms with van der Waals surface area (Å²) in [4.78, 5) is 16.9. The smallest absolute Gasteiger partial charge is 0.224 e. The quantitative estimate of drug-likeness (QED) is 0.514. The van der Waals surface area contributed by atoms with Crippen molar-refractivity contribution in [2.24, 2.45) is 0 Å². The largest absolute Gasteiger partial charge is 0.497 e. The Balaban J connectivity index is 1.37. The van der Waals surface area contributed by atoms with E-state index in [1.54, 1.807) is 7.11 Å². The molecule has 1 amide bonds. The Hall–Kier alpha value is -3.60. The van der Waals surface area contributed by atoms with Crippen molar-refractivity contribution in [2.45, 2.75) is 19.8 Å². The number of fused-ring (bicyclic) bond motifs is 1. The van der Waals surface area contributed by atoms with Crippen LogP contribution in [-0.2, 0) is 11.2 Å². The summed E-state index contributed by atoms with van der Waals surface area (Å²) in [5.41, 5.74) is 5.93. The second-order valence-corrected chi connectivity index (χ2v) is 7.07. The van der Waals surface area contributed by atoms with Crippen LogP contribution in [0.1, 0.15) is 17.5 Å². The fourth-order valence-corrected chi connectivity index (χ4v) is 3.22. The number of imidazole rings is 1. The number of hydrogen-bond acceptors (Lipinski definition) is 3. The van der Waals surface area contributed by atoms with Crippen molar-refractivity contribution in [1.29, 1.82) is 0 Å². The van der Waals surface area contributed by atoms with Gasteiger partial charge in [-0.25, -0.2) is 4.98 Å². The third-order valence-electron chi connectivity index (χ3n) is 4.88. The van der Waals surface area contributed by atoms with E-state index in [0.29, 0.717) is 12.8 Å². The molecule has 0 fully saturated rings. The maximum atomic E-state index is 12.3. The van der Waals surface area contributed by atoms with Gasteiger partial charge < -0.3 is 14.5 Å². The first-order valence-corrected chi connectivity index (χ1v) is 9.59. The van der Waals surface area contributed by atoms with E-state index in [9.17, 15) is 4.79 Å². The average Bonchev–Trinajstić information content (AvgIpc) is 3.16. The minimum Gasteiger partial charge on any atom is -0.497 e. The number of nitrogens with one attached hydrogen (secondary N) is 1. The molecule has 2 heterocycles. The van der Waals surface area contributed by atoms with E-state index in [2.05, 4.69) is 29.4 Å². The number of pyridine rings is 1. The molecule has 0 bridgehead atoms. The summed E-state index contributed by atoms with van der Waals surface area (Å²) >= 11 is 0. The Labute approximate surface area is 170 Å². The zero-order valence-electron chi connectivity index (χ0n) is 16.6. The second kappa shape index (κ2) is 8.19. The number of amides is 1.